The van der Waals surface area contributed by atoms with Gasteiger partial charge in [0.05, 0.1) is 6.61 Å². The molecule has 0 spiro atoms. The maximum atomic E-state index is 11.7. The number of rotatable bonds is 5. The van der Waals surface area contributed by atoms with Gasteiger partial charge in [0.25, 0.3) is 0 Å². The number of ether oxygens (including phenoxy) is 1. The summed E-state index contributed by atoms with van der Waals surface area (Å²) >= 11 is 0. The Labute approximate surface area is 91.8 Å². The van der Waals surface area contributed by atoms with Crippen LogP contribution in [0.4, 0.5) is 0 Å². The minimum absolute atomic E-state index is 0.0681. The van der Waals surface area contributed by atoms with Crippen molar-refractivity contribution in [3.05, 3.63) is 0 Å². The zero-order valence-electron chi connectivity index (χ0n) is 9.74. The highest BCUT2D eigenvalue weighted by molar-refractivity contribution is 5.75. The third-order valence-corrected chi connectivity index (χ3v) is 3.04. The summed E-state index contributed by atoms with van der Waals surface area (Å²) in [6.45, 7) is 6.96. The fourth-order valence-corrected chi connectivity index (χ4v) is 2.15. The van der Waals surface area contributed by atoms with Gasteiger partial charge in [0.1, 0.15) is 6.04 Å². The van der Waals surface area contributed by atoms with Crippen molar-refractivity contribution in [1.82, 2.24) is 4.90 Å². The summed E-state index contributed by atoms with van der Waals surface area (Å²) in [6.07, 6.45) is 1.92. The molecule has 1 fully saturated rings. The minimum Gasteiger partial charge on any atom is -0.465 e. The Balaban J connectivity index is 2.48. The third kappa shape index (κ3) is 3.18. The van der Waals surface area contributed by atoms with E-state index in [-0.39, 0.29) is 12.0 Å². The van der Waals surface area contributed by atoms with Crippen molar-refractivity contribution in [2.75, 3.05) is 26.2 Å². The van der Waals surface area contributed by atoms with Gasteiger partial charge in [0, 0.05) is 6.54 Å². The van der Waals surface area contributed by atoms with E-state index in [0.717, 1.165) is 32.5 Å². The van der Waals surface area contributed by atoms with Crippen molar-refractivity contribution in [2.45, 2.75) is 32.7 Å². The van der Waals surface area contributed by atoms with Gasteiger partial charge in [-0.05, 0) is 38.8 Å². The molecule has 0 saturated carbocycles. The van der Waals surface area contributed by atoms with Gasteiger partial charge in [-0.2, -0.15) is 0 Å². The molecule has 0 aromatic rings. The Hall–Kier alpha value is -0.610. The maximum absolute atomic E-state index is 11.7. The molecule has 2 N–H and O–H groups in total. The van der Waals surface area contributed by atoms with Crippen LogP contribution in [0.1, 0.15) is 26.7 Å². The topological polar surface area (TPSA) is 55.6 Å². The zero-order valence-corrected chi connectivity index (χ0v) is 9.74. The first-order chi connectivity index (χ1) is 7.22. The number of nitrogens with zero attached hydrogens (tertiary/aromatic N) is 1. The monoisotopic (exact) mass is 214 g/mol. The van der Waals surface area contributed by atoms with Gasteiger partial charge in [0.15, 0.2) is 0 Å². The molecule has 15 heavy (non-hydrogen) atoms. The molecule has 0 aliphatic carbocycles. The minimum atomic E-state index is -0.0855. The lowest BCUT2D eigenvalue weighted by molar-refractivity contribution is -0.149. The maximum Gasteiger partial charge on any atom is 0.323 e. The quantitative estimate of drug-likeness (QED) is 0.681. The van der Waals surface area contributed by atoms with Crippen LogP contribution in [0, 0.1) is 5.92 Å². The highest BCUT2D eigenvalue weighted by Crippen LogP contribution is 2.19. The van der Waals surface area contributed by atoms with E-state index < -0.39 is 0 Å². The molecule has 4 heteroatoms. The van der Waals surface area contributed by atoms with E-state index in [4.69, 9.17) is 10.5 Å². The smallest absolute Gasteiger partial charge is 0.323 e. The fourth-order valence-electron chi connectivity index (χ4n) is 2.15. The summed E-state index contributed by atoms with van der Waals surface area (Å²) in [6, 6.07) is -0.0681. The molecule has 0 radical (unpaired) electrons. The van der Waals surface area contributed by atoms with Gasteiger partial charge in [-0.3, -0.25) is 9.69 Å². The highest BCUT2D eigenvalue weighted by Gasteiger charge is 2.31. The van der Waals surface area contributed by atoms with Gasteiger partial charge in [-0.1, -0.05) is 6.92 Å². The lowest BCUT2D eigenvalue weighted by atomic mass is 10.1. The Bertz CT molecular complexity index is 209. The van der Waals surface area contributed by atoms with Crippen molar-refractivity contribution in [3.8, 4) is 0 Å². The van der Waals surface area contributed by atoms with Gasteiger partial charge >= 0.3 is 5.97 Å². The number of hydrogen-bond donors (Lipinski definition) is 1. The van der Waals surface area contributed by atoms with Gasteiger partial charge < -0.3 is 10.5 Å². The SMILES string of the molecule is CCOC(=O)C(CC)N1CCC(CN)C1. The molecule has 88 valence electrons. The second kappa shape index (κ2) is 6.08. The molecule has 2 unspecified atom stereocenters. The number of carbonyl (C=O) groups excluding carboxylic acids is 1. The fraction of sp³-hybridized carbons (Fsp3) is 0.909. The molecule has 0 amide bonds. The molecular weight excluding hydrogens is 192 g/mol. The van der Waals surface area contributed by atoms with Crippen molar-refractivity contribution >= 4 is 5.97 Å². The van der Waals surface area contributed by atoms with E-state index >= 15 is 0 Å². The van der Waals surface area contributed by atoms with Crippen molar-refractivity contribution in [3.63, 3.8) is 0 Å². The average Bonchev–Trinajstić information content (AvgIpc) is 2.68. The Kier molecular flexibility index (Phi) is 5.05. The number of likely N-dealkylation sites (tertiary alicyclic amines) is 1. The highest BCUT2D eigenvalue weighted by atomic mass is 16.5. The predicted molar refractivity (Wildman–Crippen MR) is 59.4 cm³/mol. The predicted octanol–water partition coefficient (Wildman–Crippen LogP) is 0.609. The molecule has 4 nitrogen and oxygen atoms in total. The summed E-state index contributed by atoms with van der Waals surface area (Å²) in [5, 5.41) is 0. The molecule has 1 rings (SSSR count). The van der Waals surface area contributed by atoms with E-state index in [9.17, 15) is 4.79 Å². The first-order valence-electron chi connectivity index (χ1n) is 5.83. The van der Waals surface area contributed by atoms with E-state index in [1.165, 1.54) is 0 Å². The summed E-state index contributed by atoms with van der Waals surface area (Å²) in [7, 11) is 0. The third-order valence-electron chi connectivity index (χ3n) is 3.04. The largest absolute Gasteiger partial charge is 0.465 e. The normalized spacial score (nSPS) is 24.1. The van der Waals surface area contributed by atoms with Crippen LogP contribution in [-0.4, -0.2) is 43.2 Å². The molecule has 1 aliphatic heterocycles. The number of hydrogen-bond acceptors (Lipinski definition) is 4. The summed E-state index contributed by atoms with van der Waals surface area (Å²) in [5.74, 6) is 0.464. The van der Waals surface area contributed by atoms with Crippen LogP contribution in [0.25, 0.3) is 0 Å². The van der Waals surface area contributed by atoms with E-state index in [1.807, 2.05) is 13.8 Å². The Morgan fingerprint density at radius 3 is 2.80 bits per heavy atom. The van der Waals surface area contributed by atoms with Gasteiger partial charge in [0.2, 0.25) is 0 Å². The zero-order chi connectivity index (χ0) is 11.3. The first-order valence-corrected chi connectivity index (χ1v) is 5.83. The second-order valence-corrected chi connectivity index (χ2v) is 4.06. The van der Waals surface area contributed by atoms with Gasteiger partial charge in [-0.25, -0.2) is 0 Å². The standard InChI is InChI=1S/C11H22N2O2/c1-3-10(11(14)15-4-2)13-6-5-9(7-12)8-13/h9-10H,3-8,12H2,1-2H3. The van der Waals surface area contributed by atoms with E-state index in [0.29, 0.717) is 12.5 Å². The molecule has 0 aromatic carbocycles. The number of esters is 1. The number of carbonyl (C=O) groups is 1. The molecule has 2 atom stereocenters. The summed E-state index contributed by atoms with van der Waals surface area (Å²) in [4.78, 5) is 13.9. The van der Waals surface area contributed by atoms with Crippen molar-refractivity contribution in [1.29, 1.82) is 0 Å². The first kappa shape index (κ1) is 12.5. The van der Waals surface area contributed by atoms with Crippen molar-refractivity contribution < 1.29 is 9.53 Å². The van der Waals surface area contributed by atoms with Crippen LogP contribution in [0.3, 0.4) is 0 Å². The van der Waals surface area contributed by atoms with Crippen LogP contribution in [0.2, 0.25) is 0 Å². The summed E-state index contributed by atoms with van der Waals surface area (Å²) in [5.41, 5.74) is 5.63. The van der Waals surface area contributed by atoms with Crippen molar-refractivity contribution in [2.24, 2.45) is 11.7 Å². The Morgan fingerprint density at radius 2 is 2.33 bits per heavy atom. The average molecular weight is 214 g/mol. The molecule has 1 heterocycles. The summed E-state index contributed by atoms with van der Waals surface area (Å²) < 4.78 is 5.06. The number of nitrogens with two attached hydrogens (primary N) is 1. The second-order valence-electron chi connectivity index (χ2n) is 4.06. The lowest BCUT2D eigenvalue weighted by Crippen LogP contribution is -2.40. The Morgan fingerprint density at radius 1 is 1.60 bits per heavy atom. The molecule has 0 aromatic heterocycles. The van der Waals surface area contributed by atoms with Crippen LogP contribution in [0.5, 0.6) is 0 Å². The molecular formula is C11H22N2O2. The van der Waals surface area contributed by atoms with Crippen LogP contribution in [0.15, 0.2) is 0 Å². The van der Waals surface area contributed by atoms with E-state index in [1.54, 1.807) is 0 Å². The van der Waals surface area contributed by atoms with Crippen LogP contribution >= 0.6 is 0 Å². The molecule has 0 bridgehead atoms. The molecule has 1 saturated heterocycles. The van der Waals surface area contributed by atoms with Crippen LogP contribution in [-0.2, 0) is 9.53 Å². The molecule has 1 aliphatic rings. The van der Waals surface area contributed by atoms with E-state index in [2.05, 4.69) is 4.90 Å². The van der Waals surface area contributed by atoms with Crippen LogP contribution < -0.4 is 5.73 Å². The lowest BCUT2D eigenvalue weighted by Gasteiger charge is -2.24. The van der Waals surface area contributed by atoms with Gasteiger partial charge in [-0.15, -0.1) is 0 Å².